The SMILES string of the molecule is Cc1ccc(C(C)NC(=O)[C@H]2[C@@H](C(=O)O)C2(C)C)cc1F. The summed E-state index contributed by atoms with van der Waals surface area (Å²) in [6.45, 7) is 6.97. The number of aliphatic carboxylic acids is 1. The van der Waals surface area contributed by atoms with Crippen molar-refractivity contribution in [1.29, 1.82) is 0 Å². The molecule has 1 unspecified atom stereocenters. The molecular formula is C16H20FNO3. The van der Waals surface area contributed by atoms with Crippen LogP contribution in [0.25, 0.3) is 0 Å². The van der Waals surface area contributed by atoms with Gasteiger partial charge in [0.2, 0.25) is 5.91 Å². The lowest BCUT2D eigenvalue weighted by molar-refractivity contribution is -0.140. The van der Waals surface area contributed by atoms with Crippen LogP contribution < -0.4 is 5.32 Å². The first-order valence-corrected chi connectivity index (χ1v) is 6.95. The highest BCUT2D eigenvalue weighted by atomic mass is 19.1. The lowest BCUT2D eigenvalue weighted by Crippen LogP contribution is -2.30. The van der Waals surface area contributed by atoms with E-state index < -0.39 is 23.2 Å². The first-order chi connectivity index (χ1) is 9.66. The van der Waals surface area contributed by atoms with E-state index in [9.17, 15) is 14.0 Å². The number of amides is 1. The lowest BCUT2D eigenvalue weighted by atomic mass is 10.0. The fourth-order valence-electron chi connectivity index (χ4n) is 2.85. The minimum absolute atomic E-state index is 0.291. The van der Waals surface area contributed by atoms with Crippen molar-refractivity contribution in [2.75, 3.05) is 0 Å². The van der Waals surface area contributed by atoms with Gasteiger partial charge >= 0.3 is 5.97 Å². The van der Waals surface area contributed by atoms with Gasteiger partial charge in [0.05, 0.1) is 17.9 Å². The van der Waals surface area contributed by atoms with Crippen LogP contribution >= 0.6 is 0 Å². The molecular weight excluding hydrogens is 273 g/mol. The molecule has 0 radical (unpaired) electrons. The van der Waals surface area contributed by atoms with Crippen molar-refractivity contribution in [2.45, 2.75) is 33.7 Å². The molecule has 0 spiro atoms. The summed E-state index contributed by atoms with van der Waals surface area (Å²) >= 11 is 0. The van der Waals surface area contributed by atoms with Crippen LogP contribution in [0.1, 0.15) is 37.9 Å². The van der Waals surface area contributed by atoms with Crippen molar-refractivity contribution in [3.8, 4) is 0 Å². The molecule has 0 aromatic heterocycles. The Kier molecular flexibility index (Phi) is 3.78. The Morgan fingerprint density at radius 1 is 1.33 bits per heavy atom. The van der Waals surface area contributed by atoms with Gasteiger partial charge in [-0.2, -0.15) is 0 Å². The molecule has 1 amide bonds. The zero-order valence-corrected chi connectivity index (χ0v) is 12.6. The zero-order valence-electron chi connectivity index (χ0n) is 12.6. The van der Waals surface area contributed by atoms with E-state index in [-0.39, 0.29) is 17.8 Å². The predicted octanol–water partition coefficient (Wildman–Crippen LogP) is 2.67. The normalized spacial score (nSPS) is 24.2. The molecule has 5 heteroatoms. The van der Waals surface area contributed by atoms with E-state index in [1.54, 1.807) is 39.8 Å². The van der Waals surface area contributed by atoms with E-state index >= 15 is 0 Å². The number of carbonyl (C=O) groups excluding carboxylic acids is 1. The molecule has 3 atom stereocenters. The summed E-state index contributed by atoms with van der Waals surface area (Å²) in [4.78, 5) is 23.3. The third kappa shape index (κ3) is 2.77. The van der Waals surface area contributed by atoms with Crippen molar-refractivity contribution in [3.05, 3.63) is 35.1 Å². The Bertz CT molecular complexity index is 597. The molecule has 1 aliphatic carbocycles. The van der Waals surface area contributed by atoms with Crippen molar-refractivity contribution in [3.63, 3.8) is 0 Å². The summed E-state index contributed by atoms with van der Waals surface area (Å²) in [5.74, 6) is -2.74. The number of benzene rings is 1. The summed E-state index contributed by atoms with van der Waals surface area (Å²) < 4.78 is 13.5. The van der Waals surface area contributed by atoms with Crippen LogP contribution in [0.5, 0.6) is 0 Å². The molecule has 1 aromatic carbocycles. The number of nitrogens with one attached hydrogen (secondary N) is 1. The highest BCUT2D eigenvalue weighted by molar-refractivity contribution is 5.91. The van der Waals surface area contributed by atoms with Crippen molar-refractivity contribution >= 4 is 11.9 Å². The van der Waals surface area contributed by atoms with E-state index in [1.807, 2.05) is 0 Å². The van der Waals surface area contributed by atoms with E-state index in [0.29, 0.717) is 11.1 Å². The molecule has 2 N–H and O–H groups in total. The van der Waals surface area contributed by atoms with Gasteiger partial charge in [-0.1, -0.05) is 26.0 Å². The summed E-state index contributed by atoms with van der Waals surface area (Å²) in [5, 5.41) is 11.9. The van der Waals surface area contributed by atoms with Crippen LogP contribution in [0.3, 0.4) is 0 Å². The van der Waals surface area contributed by atoms with Crippen LogP contribution in [-0.2, 0) is 9.59 Å². The van der Waals surface area contributed by atoms with Gasteiger partial charge in [-0.25, -0.2) is 4.39 Å². The summed E-state index contributed by atoms with van der Waals surface area (Å²) in [6, 6.07) is 4.45. The van der Waals surface area contributed by atoms with Gasteiger partial charge in [0.1, 0.15) is 5.82 Å². The van der Waals surface area contributed by atoms with E-state index in [2.05, 4.69) is 5.32 Å². The Hall–Kier alpha value is -1.91. The van der Waals surface area contributed by atoms with Gasteiger partial charge in [0.25, 0.3) is 0 Å². The first-order valence-electron chi connectivity index (χ1n) is 6.95. The zero-order chi connectivity index (χ0) is 15.9. The molecule has 114 valence electrons. The maximum absolute atomic E-state index is 13.5. The van der Waals surface area contributed by atoms with Crippen molar-refractivity contribution in [1.82, 2.24) is 5.32 Å². The Morgan fingerprint density at radius 2 is 1.95 bits per heavy atom. The van der Waals surface area contributed by atoms with Crippen LogP contribution in [0.2, 0.25) is 0 Å². The fraction of sp³-hybridized carbons (Fsp3) is 0.500. The Labute approximate surface area is 123 Å². The molecule has 1 aromatic rings. The number of carbonyl (C=O) groups is 2. The van der Waals surface area contributed by atoms with Gasteiger partial charge in [-0.3, -0.25) is 9.59 Å². The summed E-state index contributed by atoms with van der Waals surface area (Å²) in [5.41, 5.74) is 0.678. The van der Waals surface area contributed by atoms with Crippen molar-refractivity contribution < 1.29 is 19.1 Å². The van der Waals surface area contributed by atoms with Gasteiger partial charge < -0.3 is 10.4 Å². The van der Waals surface area contributed by atoms with E-state index in [1.165, 1.54) is 6.07 Å². The molecule has 0 heterocycles. The van der Waals surface area contributed by atoms with Gasteiger partial charge in [-0.15, -0.1) is 0 Å². The molecule has 0 saturated heterocycles. The second kappa shape index (κ2) is 5.13. The molecule has 2 rings (SSSR count). The number of aryl methyl sites for hydroxylation is 1. The first kappa shape index (κ1) is 15.5. The number of hydrogen-bond donors (Lipinski definition) is 2. The van der Waals surface area contributed by atoms with E-state index in [4.69, 9.17) is 5.11 Å². The molecule has 1 saturated carbocycles. The largest absolute Gasteiger partial charge is 0.481 e. The number of rotatable bonds is 4. The monoisotopic (exact) mass is 293 g/mol. The Balaban J connectivity index is 2.06. The smallest absolute Gasteiger partial charge is 0.307 e. The molecule has 21 heavy (non-hydrogen) atoms. The number of carboxylic acid groups (broad SMARTS) is 1. The number of hydrogen-bond acceptors (Lipinski definition) is 2. The molecule has 0 bridgehead atoms. The van der Waals surface area contributed by atoms with Crippen LogP contribution in [0, 0.1) is 30.0 Å². The molecule has 1 fully saturated rings. The maximum Gasteiger partial charge on any atom is 0.307 e. The third-order valence-corrected chi connectivity index (χ3v) is 4.43. The highest BCUT2D eigenvalue weighted by Crippen LogP contribution is 2.58. The van der Waals surface area contributed by atoms with Crippen LogP contribution in [0.4, 0.5) is 4.39 Å². The van der Waals surface area contributed by atoms with Gasteiger partial charge in [0.15, 0.2) is 0 Å². The summed E-state index contributed by atoms with van der Waals surface area (Å²) in [7, 11) is 0. The average molecular weight is 293 g/mol. The standard InChI is InChI=1S/C16H20FNO3/c1-8-5-6-10(7-11(8)17)9(2)18-14(19)12-13(15(20)21)16(12,3)4/h5-7,9,12-13H,1-4H3,(H,18,19)(H,20,21)/t9?,12-,13+/m1/s1. The topological polar surface area (TPSA) is 66.4 Å². The fourth-order valence-corrected chi connectivity index (χ4v) is 2.85. The third-order valence-electron chi connectivity index (χ3n) is 4.43. The maximum atomic E-state index is 13.5. The molecule has 0 aliphatic heterocycles. The van der Waals surface area contributed by atoms with Gasteiger partial charge in [0, 0.05) is 0 Å². The number of carboxylic acids is 1. The predicted molar refractivity (Wildman–Crippen MR) is 76.1 cm³/mol. The minimum atomic E-state index is -0.950. The molecule has 1 aliphatic rings. The second-order valence-corrected chi connectivity index (χ2v) is 6.35. The van der Waals surface area contributed by atoms with Crippen LogP contribution in [-0.4, -0.2) is 17.0 Å². The summed E-state index contributed by atoms with van der Waals surface area (Å²) in [6.07, 6.45) is 0. The van der Waals surface area contributed by atoms with Crippen molar-refractivity contribution in [2.24, 2.45) is 17.3 Å². The lowest BCUT2D eigenvalue weighted by Gasteiger charge is -2.15. The quantitative estimate of drug-likeness (QED) is 0.897. The second-order valence-electron chi connectivity index (χ2n) is 6.35. The average Bonchev–Trinajstić information content (AvgIpc) is 2.96. The van der Waals surface area contributed by atoms with E-state index in [0.717, 1.165) is 0 Å². The highest BCUT2D eigenvalue weighted by Gasteiger charge is 2.65. The Morgan fingerprint density at radius 3 is 2.43 bits per heavy atom. The molecule has 4 nitrogen and oxygen atoms in total. The number of halogens is 1. The van der Waals surface area contributed by atoms with Crippen LogP contribution in [0.15, 0.2) is 18.2 Å². The minimum Gasteiger partial charge on any atom is -0.481 e. The van der Waals surface area contributed by atoms with Gasteiger partial charge in [-0.05, 0) is 36.5 Å².